The highest BCUT2D eigenvalue weighted by Gasteiger charge is 2.40. The van der Waals surface area contributed by atoms with Gasteiger partial charge in [-0.2, -0.15) is 0 Å². The van der Waals surface area contributed by atoms with Crippen LogP contribution >= 0.6 is 11.8 Å². The SMILES string of the molecule is CSc1cccc(CCC(=O)N[C@@H](CC(=O)O)C(=O)N2CCC[C@H]2C(=O)N[C@@H](CCC(=O)O)C(=O)N[C@@H](CO)C(=O)NCC(=O)N[C@@H](CCC(=O)O)C(=O)NCC(N)=O)c1. The van der Waals surface area contributed by atoms with Gasteiger partial charge in [0.05, 0.1) is 26.1 Å². The Kier molecular flexibility index (Phi) is 21.0. The number of aliphatic carboxylic acids is 3. The molecule has 330 valence electrons. The van der Waals surface area contributed by atoms with Crippen molar-refractivity contribution in [3.63, 3.8) is 0 Å². The molecule has 0 aliphatic carbocycles. The zero-order valence-corrected chi connectivity index (χ0v) is 33.4. The van der Waals surface area contributed by atoms with E-state index in [1.807, 2.05) is 30.5 Å². The van der Waals surface area contributed by atoms with E-state index in [-0.39, 0.29) is 25.8 Å². The molecule has 5 atom stereocenters. The van der Waals surface area contributed by atoms with E-state index >= 15 is 0 Å². The Balaban J connectivity index is 2.11. The molecule has 24 heteroatoms. The highest BCUT2D eigenvalue weighted by atomic mass is 32.2. The highest BCUT2D eigenvalue weighted by molar-refractivity contribution is 7.98. The average molecular weight is 867 g/mol. The lowest BCUT2D eigenvalue weighted by atomic mass is 10.1. The molecule has 1 aromatic rings. The zero-order chi connectivity index (χ0) is 44.9. The number of nitrogens with one attached hydrogen (secondary N) is 6. The van der Waals surface area contributed by atoms with Crippen molar-refractivity contribution < 1.29 is 73.2 Å². The Morgan fingerprint density at radius 2 is 1.35 bits per heavy atom. The summed E-state index contributed by atoms with van der Waals surface area (Å²) >= 11 is 1.51. The van der Waals surface area contributed by atoms with Crippen molar-refractivity contribution in [3.8, 4) is 0 Å². The number of rotatable bonds is 26. The molecule has 2 rings (SSSR count). The van der Waals surface area contributed by atoms with Crippen LogP contribution in [0.1, 0.15) is 56.9 Å². The van der Waals surface area contributed by atoms with Gasteiger partial charge in [0.15, 0.2) is 0 Å². The fraction of sp³-hybridized carbons (Fsp3) is 0.528. The topological polar surface area (TPSA) is 370 Å². The van der Waals surface area contributed by atoms with Gasteiger partial charge in [-0.3, -0.25) is 52.7 Å². The molecular formula is C36H50N8O15S. The number of carboxylic acid groups (broad SMARTS) is 3. The van der Waals surface area contributed by atoms with Crippen LogP contribution in [0.4, 0.5) is 0 Å². The van der Waals surface area contributed by atoms with E-state index in [1.54, 1.807) is 0 Å². The lowest BCUT2D eigenvalue weighted by Crippen LogP contribution is -2.59. The maximum atomic E-state index is 13.6. The summed E-state index contributed by atoms with van der Waals surface area (Å²) in [6.45, 7) is -2.53. The molecular weight excluding hydrogens is 817 g/mol. The Morgan fingerprint density at radius 1 is 0.750 bits per heavy atom. The number of hydrogen-bond acceptors (Lipinski definition) is 13. The van der Waals surface area contributed by atoms with Gasteiger partial charge in [-0.05, 0) is 56.1 Å². The van der Waals surface area contributed by atoms with Crippen LogP contribution in [-0.4, -0.2) is 153 Å². The highest BCUT2D eigenvalue weighted by Crippen LogP contribution is 2.21. The lowest BCUT2D eigenvalue weighted by molar-refractivity contribution is -0.146. The molecule has 0 aromatic heterocycles. The predicted molar refractivity (Wildman–Crippen MR) is 207 cm³/mol. The largest absolute Gasteiger partial charge is 0.481 e. The van der Waals surface area contributed by atoms with E-state index in [4.69, 9.17) is 10.8 Å². The molecule has 1 saturated heterocycles. The first kappa shape index (κ1) is 49.8. The summed E-state index contributed by atoms with van der Waals surface area (Å²) < 4.78 is 0. The summed E-state index contributed by atoms with van der Waals surface area (Å²) in [7, 11) is 0. The smallest absolute Gasteiger partial charge is 0.305 e. The maximum Gasteiger partial charge on any atom is 0.305 e. The summed E-state index contributed by atoms with van der Waals surface area (Å²) in [5, 5.41) is 51.0. The van der Waals surface area contributed by atoms with E-state index in [0.717, 1.165) is 15.4 Å². The van der Waals surface area contributed by atoms with Gasteiger partial charge in [0, 0.05) is 30.7 Å². The number of nitrogens with zero attached hydrogens (tertiary/aromatic N) is 1. The predicted octanol–water partition coefficient (Wildman–Crippen LogP) is -3.81. The summed E-state index contributed by atoms with van der Waals surface area (Å²) in [6.07, 6.45) is -0.505. The molecule has 23 nitrogen and oxygen atoms in total. The van der Waals surface area contributed by atoms with Crippen LogP contribution in [0.3, 0.4) is 0 Å². The zero-order valence-electron chi connectivity index (χ0n) is 32.6. The van der Waals surface area contributed by atoms with Gasteiger partial charge in [0.25, 0.3) is 0 Å². The molecule has 0 bridgehead atoms. The molecule has 0 unspecified atom stereocenters. The fourth-order valence-electron chi connectivity index (χ4n) is 5.87. The molecule has 1 aliphatic rings. The summed E-state index contributed by atoms with van der Waals surface area (Å²) in [4.78, 5) is 138. The van der Waals surface area contributed by atoms with Crippen LogP contribution < -0.4 is 37.6 Å². The number of amides is 8. The Hall–Kier alpha value is -6.30. The maximum absolute atomic E-state index is 13.6. The third-order valence-electron chi connectivity index (χ3n) is 8.88. The number of benzene rings is 1. The normalized spacial score (nSPS) is 15.2. The first-order valence-corrected chi connectivity index (χ1v) is 19.8. The molecule has 8 amide bonds. The van der Waals surface area contributed by atoms with E-state index in [0.29, 0.717) is 6.42 Å². The van der Waals surface area contributed by atoms with Crippen LogP contribution in [0.2, 0.25) is 0 Å². The number of thioether (sulfide) groups is 1. The van der Waals surface area contributed by atoms with Crippen LogP contribution in [0.5, 0.6) is 0 Å². The minimum absolute atomic E-state index is 0.0188. The standard InChI is InChI=1S/C36H50N8O15S/c1-60-20-5-2-4-19(14-20)7-10-27(47)41-23(15-31(53)54)36(59)44-13-3-6-25(44)35(58)42-22(9-12-30(51)52)34(57)43-24(18-45)33(56)39-17-28(48)40-21(8-11-29(49)50)32(55)38-16-26(37)46/h2,4-5,14,21-25,45H,3,6-13,15-18H2,1H3,(H2,37,46)(H,38,55)(H,39,56)(H,40,48)(H,41,47)(H,42,58)(H,43,57)(H,49,50)(H,51,52)(H,53,54)/t21-,22-,23-,24-,25-/m0/s1. The van der Waals surface area contributed by atoms with Crippen LogP contribution in [0.25, 0.3) is 0 Å². The number of aliphatic hydroxyl groups excluding tert-OH is 1. The molecule has 60 heavy (non-hydrogen) atoms. The molecule has 1 aromatic carbocycles. The lowest BCUT2D eigenvalue weighted by Gasteiger charge is -2.29. The molecule has 1 heterocycles. The fourth-order valence-corrected chi connectivity index (χ4v) is 6.36. The van der Waals surface area contributed by atoms with E-state index in [1.165, 1.54) is 11.8 Å². The van der Waals surface area contributed by atoms with Gasteiger partial charge in [-0.15, -0.1) is 11.8 Å². The minimum Gasteiger partial charge on any atom is -0.481 e. The van der Waals surface area contributed by atoms with Crippen molar-refractivity contribution in [2.45, 2.75) is 92.9 Å². The van der Waals surface area contributed by atoms with E-state index in [2.05, 4.69) is 31.9 Å². The van der Waals surface area contributed by atoms with Crippen LogP contribution in [-0.2, 0) is 59.2 Å². The number of likely N-dealkylation sites (tertiary alicyclic amines) is 1. The molecule has 0 saturated carbocycles. The molecule has 1 fully saturated rings. The van der Waals surface area contributed by atoms with Gasteiger partial charge in [-0.1, -0.05) is 12.1 Å². The van der Waals surface area contributed by atoms with E-state index < -0.39 is 147 Å². The van der Waals surface area contributed by atoms with Gasteiger partial charge in [0.1, 0.15) is 30.2 Å². The summed E-state index contributed by atoms with van der Waals surface area (Å²) in [5.74, 6) is -11.6. The Morgan fingerprint density at radius 3 is 1.93 bits per heavy atom. The second-order valence-electron chi connectivity index (χ2n) is 13.5. The number of aliphatic hydroxyl groups is 1. The number of nitrogens with two attached hydrogens (primary N) is 1. The van der Waals surface area contributed by atoms with Crippen molar-refractivity contribution in [1.29, 1.82) is 0 Å². The van der Waals surface area contributed by atoms with Gasteiger partial charge < -0.3 is 63.0 Å². The number of hydrogen-bond donors (Lipinski definition) is 11. The third-order valence-corrected chi connectivity index (χ3v) is 9.60. The second kappa shape index (κ2) is 25.2. The average Bonchev–Trinajstić information content (AvgIpc) is 3.70. The van der Waals surface area contributed by atoms with Crippen molar-refractivity contribution in [2.75, 3.05) is 32.5 Å². The van der Waals surface area contributed by atoms with Gasteiger partial charge in [-0.25, -0.2) is 0 Å². The number of carboxylic acids is 3. The van der Waals surface area contributed by atoms with Gasteiger partial charge >= 0.3 is 17.9 Å². The Bertz CT molecular complexity index is 1780. The van der Waals surface area contributed by atoms with Gasteiger partial charge in [0.2, 0.25) is 47.3 Å². The summed E-state index contributed by atoms with van der Waals surface area (Å²) in [6, 6.07) is -0.264. The van der Waals surface area contributed by atoms with Crippen LogP contribution in [0, 0.1) is 0 Å². The number of carbonyl (C=O) groups excluding carboxylic acids is 8. The van der Waals surface area contributed by atoms with Crippen molar-refractivity contribution in [3.05, 3.63) is 29.8 Å². The van der Waals surface area contributed by atoms with Crippen LogP contribution in [0.15, 0.2) is 29.2 Å². The minimum atomic E-state index is -1.77. The molecule has 0 spiro atoms. The first-order chi connectivity index (χ1) is 28.3. The first-order valence-electron chi connectivity index (χ1n) is 18.6. The number of primary amides is 1. The number of carbonyl (C=O) groups is 11. The van der Waals surface area contributed by atoms with Crippen molar-refractivity contribution in [1.82, 2.24) is 36.8 Å². The Labute approximate surface area is 347 Å². The monoisotopic (exact) mass is 866 g/mol. The van der Waals surface area contributed by atoms with Crippen molar-refractivity contribution in [2.24, 2.45) is 5.73 Å². The number of aryl methyl sites for hydroxylation is 1. The second-order valence-corrected chi connectivity index (χ2v) is 14.3. The quantitative estimate of drug-likeness (QED) is 0.0398. The molecule has 1 aliphatic heterocycles. The van der Waals surface area contributed by atoms with E-state index in [9.17, 15) is 68.1 Å². The van der Waals surface area contributed by atoms with Crippen molar-refractivity contribution >= 4 is 76.9 Å². The molecule has 0 radical (unpaired) electrons. The molecule has 12 N–H and O–H groups in total. The summed E-state index contributed by atoms with van der Waals surface area (Å²) in [5.41, 5.74) is 5.82. The third kappa shape index (κ3) is 17.7.